The summed E-state index contributed by atoms with van der Waals surface area (Å²) in [6.45, 7) is 6.96. The Balaban J connectivity index is 1.83. The largest absolute Gasteiger partial charge is 0.464 e. The highest BCUT2D eigenvalue weighted by atomic mass is 32.1. The van der Waals surface area contributed by atoms with Crippen molar-refractivity contribution in [2.45, 2.75) is 52.6 Å². The maximum atomic E-state index is 12.9. The zero-order valence-corrected chi connectivity index (χ0v) is 15.3. The molecule has 2 aromatic rings. The van der Waals surface area contributed by atoms with Gasteiger partial charge >= 0.3 is 4.87 Å². The van der Waals surface area contributed by atoms with Gasteiger partial charge in [0, 0.05) is 24.0 Å². The van der Waals surface area contributed by atoms with Crippen molar-refractivity contribution >= 4 is 17.2 Å². The van der Waals surface area contributed by atoms with Gasteiger partial charge in [0.1, 0.15) is 18.1 Å². The molecule has 1 aliphatic rings. The third-order valence-electron chi connectivity index (χ3n) is 4.81. The number of amides is 1. The maximum absolute atomic E-state index is 12.9. The number of thiazole rings is 1. The zero-order valence-electron chi connectivity index (χ0n) is 14.4. The fourth-order valence-corrected chi connectivity index (χ4v) is 4.03. The van der Waals surface area contributed by atoms with Crippen LogP contribution in [0.4, 0.5) is 0 Å². The van der Waals surface area contributed by atoms with Gasteiger partial charge in [0.05, 0.1) is 6.04 Å². The lowest BCUT2D eigenvalue weighted by Crippen LogP contribution is -2.43. The number of hydrogen-bond donors (Lipinski definition) is 0. The average molecular weight is 348 g/mol. The zero-order chi connectivity index (χ0) is 17.3. The first-order valence-electron chi connectivity index (χ1n) is 8.52. The molecule has 1 fully saturated rings. The molecule has 0 N–H and O–H groups in total. The lowest BCUT2D eigenvalue weighted by molar-refractivity contribution is -0.137. The van der Waals surface area contributed by atoms with Crippen molar-refractivity contribution in [1.82, 2.24) is 9.47 Å². The third kappa shape index (κ3) is 3.34. The molecule has 2 aromatic heterocycles. The van der Waals surface area contributed by atoms with E-state index in [9.17, 15) is 9.59 Å². The predicted molar refractivity (Wildman–Crippen MR) is 94.3 cm³/mol. The molecule has 0 spiro atoms. The minimum absolute atomic E-state index is 0.00931. The van der Waals surface area contributed by atoms with E-state index in [0.717, 1.165) is 47.8 Å². The van der Waals surface area contributed by atoms with Gasteiger partial charge in [0.15, 0.2) is 0 Å². The van der Waals surface area contributed by atoms with Crippen LogP contribution in [0.2, 0.25) is 0 Å². The number of aryl methyl sites for hydroxylation is 2. The standard InChI is InChI=1S/C18H24N2O3S/c1-4-14-5-6-16(23-14)15-9-12(2)7-8-19(15)17(21)10-20-13(3)11-24-18(20)22/h5-6,11-12,15H,4,7-10H2,1-3H3/t12-,15+/m1/s1. The van der Waals surface area contributed by atoms with Crippen LogP contribution in [-0.4, -0.2) is 21.9 Å². The Morgan fingerprint density at radius 2 is 2.21 bits per heavy atom. The Morgan fingerprint density at radius 1 is 1.42 bits per heavy atom. The fraction of sp³-hybridized carbons (Fsp3) is 0.556. The molecule has 3 heterocycles. The smallest absolute Gasteiger partial charge is 0.307 e. The number of carbonyl (C=O) groups is 1. The normalized spacial score (nSPS) is 21.2. The third-order valence-corrected chi connectivity index (χ3v) is 5.70. The van der Waals surface area contributed by atoms with E-state index >= 15 is 0 Å². The quantitative estimate of drug-likeness (QED) is 0.851. The first kappa shape index (κ1) is 17.0. The summed E-state index contributed by atoms with van der Waals surface area (Å²) in [5, 5.41) is 1.80. The van der Waals surface area contributed by atoms with E-state index in [1.165, 1.54) is 0 Å². The molecular weight excluding hydrogens is 324 g/mol. The van der Waals surface area contributed by atoms with Crippen LogP contribution in [-0.2, 0) is 17.8 Å². The van der Waals surface area contributed by atoms with Crippen LogP contribution in [0, 0.1) is 12.8 Å². The number of furan rings is 1. The van der Waals surface area contributed by atoms with E-state index in [2.05, 4.69) is 13.8 Å². The Hall–Kier alpha value is -1.82. The summed E-state index contributed by atoms with van der Waals surface area (Å²) >= 11 is 1.14. The van der Waals surface area contributed by atoms with Gasteiger partial charge in [0.2, 0.25) is 5.91 Å². The van der Waals surface area contributed by atoms with Gasteiger partial charge in [-0.1, -0.05) is 25.2 Å². The van der Waals surface area contributed by atoms with Crippen molar-refractivity contribution in [2.75, 3.05) is 6.54 Å². The summed E-state index contributed by atoms with van der Waals surface area (Å²) in [6, 6.07) is 3.95. The van der Waals surface area contributed by atoms with Crippen LogP contribution in [0.3, 0.4) is 0 Å². The van der Waals surface area contributed by atoms with Crippen molar-refractivity contribution in [1.29, 1.82) is 0 Å². The van der Waals surface area contributed by atoms with Crippen molar-refractivity contribution < 1.29 is 9.21 Å². The summed E-state index contributed by atoms with van der Waals surface area (Å²) in [5.74, 6) is 2.35. The van der Waals surface area contributed by atoms with Crippen molar-refractivity contribution in [3.05, 3.63) is 44.4 Å². The molecule has 5 nitrogen and oxygen atoms in total. The molecule has 24 heavy (non-hydrogen) atoms. The minimum atomic E-state index is -0.0750. The van der Waals surface area contributed by atoms with E-state index in [1.807, 2.05) is 24.0 Å². The second-order valence-electron chi connectivity index (χ2n) is 6.62. The number of piperidine rings is 1. The SMILES string of the molecule is CCc1ccc([C@@H]2C[C@H](C)CCN2C(=O)Cn2c(C)csc2=O)o1. The Bertz CT molecular complexity index is 773. The molecule has 1 saturated heterocycles. The molecule has 0 unspecified atom stereocenters. The van der Waals surface area contributed by atoms with Crippen molar-refractivity contribution in [2.24, 2.45) is 5.92 Å². The molecule has 0 aromatic carbocycles. The molecule has 130 valence electrons. The second-order valence-corrected chi connectivity index (χ2v) is 7.44. The van der Waals surface area contributed by atoms with Gasteiger partial charge in [-0.25, -0.2) is 0 Å². The van der Waals surface area contributed by atoms with Gasteiger partial charge in [-0.15, -0.1) is 0 Å². The van der Waals surface area contributed by atoms with Crippen LogP contribution in [0.1, 0.15) is 49.9 Å². The van der Waals surface area contributed by atoms with Crippen LogP contribution in [0.25, 0.3) is 0 Å². The molecule has 1 amide bonds. The van der Waals surface area contributed by atoms with E-state index in [1.54, 1.807) is 9.95 Å². The topological polar surface area (TPSA) is 55.5 Å². The highest BCUT2D eigenvalue weighted by Gasteiger charge is 2.33. The maximum Gasteiger partial charge on any atom is 0.307 e. The second kappa shape index (κ2) is 6.97. The van der Waals surface area contributed by atoms with E-state index in [-0.39, 0.29) is 23.4 Å². The highest BCUT2D eigenvalue weighted by molar-refractivity contribution is 7.07. The van der Waals surface area contributed by atoms with E-state index in [0.29, 0.717) is 12.5 Å². The highest BCUT2D eigenvalue weighted by Crippen LogP contribution is 2.35. The van der Waals surface area contributed by atoms with Crippen LogP contribution in [0.5, 0.6) is 0 Å². The molecule has 1 aliphatic heterocycles. The first-order valence-corrected chi connectivity index (χ1v) is 9.40. The molecule has 3 rings (SSSR count). The number of hydrogen-bond acceptors (Lipinski definition) is 4. The van der Waals surface area contributed by atoms with Gasteiger partial charge in [-0.2, -0.15) is 0 Å². The van der Waals surface area contributed by atoms with E-state index < -0.39 is 0 Å². The van der Waals surface area contributed by atoms with Gasteiger partial charge in [-0.05, 0) is 37.8 Å². The molecular formula is C18H24N2O3S. The molecule has 0 saturated carbocycles. The monoisotopic (exact) mass is 348 g/mol. The summed E-state index contributed by atoms with van der Waals surface area (Å²) in [6.07, 6.45) is 2.74. The molecule has 6 heteroatoms. The number of aromatic nitrogens is 1. The summed E-state index contributed by atoms with van der Waals surface area (Å²) in [5.41, 5.74) is 0.839. The lowest BCUT2D eigenvalue weighted by Gasteiger charge is -2.37. The Kier molecular flexibility index (Phi) is 4.94. The summed E-state index contributed by atoms with van der Waals surface area (Å²) in [4.78, 5) is 26.6. The van der Waals surface area contributed by atoms with Crippen LogP contribution < -0.4 is 4.87 Å². The Morgan fingerprint density at radius 3 is 2.83 bits per heavy atom. The summed E-state index contributed by atoms with van der Waals surface area (Å²) < 4.78 is 7.48. The Labute approximate surface area is 145 Å². The number of rotatable bonds is 4. The molecule has 0 bridgehead atoms. The number of likely N-dealkylation sites (tertiary alicyclic amines) is 1. The number of carbonyl (C=O) groups excluding carboxylic acids is 1. The van der Waals surface area contributed by atoms with Crippen molar-refractivity contribution in [3.63, 3.8) is 0 Å². The van der Waals surface area contributed by atoms with Gasteiger partial charge in [0.25, 0.3) is 0 Å². The van der Waals surface area contributed by atoms with Crippen molar-refractivity contribution in [3.8, 4) is 0 Å². The number of nitrogens with zero attached hydrogens (tertiary/aromatic N) is 2. The first-order chi connectivity index (χ1) is 11.5. The fourth-order valence-electron chi connectivity index (χ4n) is 3.30. The minimum Gasteiger partial charge on any atom is -0.464 e. The lowest BCUT2D eigenvalue weighted by atomic mass is 9.91. The predicted octanol–water partition coefficient (Wildman–Crippen LogP) is 3.37. The molecule has 0 radical (unpaired) electrons. The molecule has 2 atom stereocenters. The summed E-state index contributed by atoms with van der Waals surface area (Å²) in [7, 11) is 0. The van der Waals surface area contributed by atoms with Crippen LogP contribution in [0.15, 0.2) is 26.7 Å². The molecule has 0 aliphatic carbocycles. The van der Waals surface area contributed by atoms with Gasteiger partial charge < -0.3 is 9.32 Å². The van der Waals surface area contributed by atoms with Crippen LogP contribution >= 0.6 is 11.3 Å². The van der Waals surface area contributed by atoms with E-state index in [4.69, 9.17) is 4.42 Å². The van der Waals surface area contributed by atoms with Gasteiger partial charge in [-0.3, -0.25) is 14.2 Å². The average Bonchev–Trinajstić information content (AvgIpc) is 3.16.